The molecule has 3 rings (SSSR count). The van der Waals surface area contributed by atoms with Crippen LogP contribution in [-0.2, 0) is 4.74 Å². The van der Waals surface area contributed by atoms with Gasteiger partial charge in [-0.3, -0.25) is 0 Å². The first-order valence-corrected chi connectivity index (χ1v) is 4.81. The van der Waals surface area contributed by atoms with Crippen molar-refractivity contribution < 1.29 is 9.47 Å². The van der Waals surface area contributed by atoms with Crippen LogP contribution in [0.5, 0.6) is 5.75 Å². The molecule has 0 radical (unpaired) electrons. The number of epoxide rings is 1. The van der Waals surface area contributed by atoms with Gasteiger partial charge in [0, 0.05) is 0 Å². The fourth-order valence-corrected chi connectivity index (χ4v) is 2.07. The van der Waals surface area contributed by atoms with Gasteiger partial charge in [0.05, 0.1) is 0 Å². The Morgan fingerprint density at radius 3 is 2.54 bits per heavy atom. The summed E-state index contributed by atoms with van der Waals surface area (Å²) in [5.74, 6) is 0.868. The maximum atomic E-state index is 6.01. The highest BCUT2D eigenvalue weighted by Gasteiger charge is 2.65. The number of para-hydroxylation sites is 1. The molecular formula is C10H9ClO2. The average molecular weight is 197 g/mol. The van der Waals surface area contributed by atoms with Crippen LogP contribution in [0.15, 0.2) is 30.3 Å². The summed E-state index contributed by atoms with van der Waals surface area (Å²) >= 11 is 6.01. The number of benzene rings is 1. The Morgan fingerprint density at radius 1 is 1.15 bits per heavy atom. The smallest absolute Gasteiger partial charge is 0.146 e. The van der Waals surface area contributed by atoms with E-state index in [0.29, 0.717) is 0 Å². The van der Waals surface area contributed by atoms with Crippen LogP contribution >= 0.6 is 11.6 Å². The molecule has 0 amide bonds. The quantitative estimate of drug-likeness (QED) is 0.532. The van der Waals surface area contributed by atoms with Crippen LogP contribution in [0.2, 0.25) is 0 Å². The maximum Gasteiger partial charge on any atom is 0.146 e. The van der Waals surface area contributed by atoms with Crippen LogP contribution in [0, 0.1) is 0 Å². The first kappa shape index (κ1) is 7.65. The maximum absolute atomic E-state index is 6.01. The summed E-state index contributed by atoms with van der Waals surface area (Å²) in [6.07, 6.45) is 0.562. The summed E-state index contributed by atoms with van der Waals surface area (Å²) in [6.45, 7) is 0. The molecule has 4 unspecified atom stereocenters. The monoisotopic (exact) mass is 196 g/mol. The zero-order chi connectivity index (χ0) is 8.84. The molecule has 0 N–H and O–H groups in total. The first-order valence-electron chi connectivity index (χ1n) is 4.37. The lowest BCUT2D eigenvalue weighted by atomic mass is 9.95. The van der Waals surface area contributed by atoms with Gasteiger partial charge in [-0.1, -0.05) is 18.2 Å². The molecule has 3 heteroatoms. The Balaban J connectivity index is 1.70. The molecule has 1 aliphatic heterocycles. The Hall–Kier alpha value is -0.730. The summed E-state index contributed by atoms with van der Waals surface area (Å²) < 4.78 is 10.9. The molecular weight excluding hydrogens is 188 g/mol. The van der Waals surface area contributed by atoms with Crippen LogP contribution in [0.25, 0.3) is 0 Å². The van der Waals surface area contributed by atoms with E-state index in [1.807, 2.05) is 30.3 Å². The fourth-order valence-electron chi connectivity index (χ4n) is 1.67. The average Bonchev–Trinajstić information content (AvgIpc) is 2.91. The third-order valence-electron chi connectivity index (χ3n) is 2.53. The molecule has 2 nitrogen and oxygen atoms in total. The third kappa shape index (κ3) is 1.13. The van der Waals surface area contributed by atoms with Crippen molar-refractivity contribution in [1.29, 1.82) is 0 Å². The number of fused-ring (bicyclic) bond motifs is 1. The zero-order valence-corrected chi connectivity index (χ0v) is 7.65. The van der Waals surface area contributed by atoms with E-state index in [1.54, 1.807) is 0 Å². The predicted molar refractivity (Wildman–Crippen MR) is 49.2 cm³/mol. The third-order valence-corrected chi connectivity index (χ3v) is 3.03. The zero-order valence-electron chi connectivity index (χ0n) is 6.89. The van der Waals surface area contributed by atoms with E-state index < -0.39 is 0 Å². The van der Waals surface area contributed by atoms with Crippen LogP contribution in [-0.4, -0.2) is 23.7 Å². The van der Waals surface area contributed by atoms with Gasteiger partial charge in [-0.05, 0) is 12.1 Å². The molecule has 68 valence electrons. The second-order valence-corrected chi connectivity index (χ2v) is 3.91. The largest absolute Gasteiger partial charge is 0.486 e. The van der Waals surface area contributed by atoms with Crippen molar-refractivity contribution in [3.05, 3.63) is 30.3 Å². The Kier molecular flexibility index (Phi) is 1.55. The number of halogens is 1. The second-order valence-electron chi connectivity index (χ2n) is 3.41. The first-order chi connectivity index (χ1) is 6.36. The molecule has 13 heavy (non-hydrogen) atoms. The summed E-state index contributed by atoms with van der Waals surface area (Å²) in [5.41, 5.74) is 0. The van der Waals surface area contributed by atoms with Crippen molar-refractivity contribution in [1.82, 2.24) is 0 Å². The highest BCUT2D eigenvalue weighted by molar-refractivity contribution is 6.22. The van der Waals surface area contributed by atoms with E-state index >= 15 is 0 Å². The molecule has 1 saturated heterocycles. The summed E-state index contributed by atoms with van der Waals surface area (Å²) in [4.78, 5) is 0. The highest BCUT2D eigenvalue weighted by Crippen LogP contribution is 2.47. The molecule has 0 bridgehead atoms. The Bertz CT molecular complexity index is 314. The van der Waals surface area contributed by atoms with Gasteiger partial charge in [0.15, 0.2) is 0 Å². The molecule has 1 saturated carbocycles. The molecule has 1 aliphatic carbocycles. The minimum atomic E-state index is 0.0326. The van der Waals surface area contributed by atoms with E-state index in [4.69, 9.17) is 21.1 Å². The number of alkyl halides is 1. The number of ether oxygens (including phenoxy) is 2. The summed E-state index contributed by atoms with van der Waals surface area (Å²) in [7, 11) is 0. The van der Waals surface area contributed by atoms with Gasteiger partial charge in [-0.2, -0.15) is 0 Å². The van der Waals surface area contributed by atoms with Gasteiger partial charge in [0.25, 0.3) is 0 Å². The van der Waals surface area contributed by atoms with Crippen molar-refractivity contribution in [3.63, 3.8) is 0 Å². The normalized spacial score (nSPS) is 40.4. The van der Waals surface area contributed by atoms with Gasteiger partial charge in [0.2, 0.25) is 0 Å². The molecule has 2 fully saturated rings. The Labute approximate surface area is 81.4 Å². The van der Waals surface area contributed by atoms with Crippen LogP contribution < -0.4 is 4.74 Å². The predicted octanol–water partition coefficient (Wildman–Crippen LogP) is 1.82. The molecule has 1 aromatic rings. The highest BCUT2D eigenvalue weighted by atomic mass is 35.5. The van der Waals surface area contributed by atoms with E-state index in [1.165, 1.54) is 0 Å². The van der Waals surface area contributed by atoms with Gasteiger partial charge in [0.1, 0.15) is 29.4 Å². The van der Waals surface area contributed by atoms with Gasteiger partial charge in [-0.15, -0.1) is 11.6 Å². The van der Waals surface area contributed by atoms with E-state index in [2.05, 4.69) is 0 Å². The van der Waals surface area contributed by atoms with Crippen LogP contribution in [0.3, 0.4) is 0 Å². The SMILES string of the molecule is ClC1C(Oc2ccccc2)C2OC12. The molecule has 2 aliphatic rings. The lowest BCUT2D eigenvalue weighted by Crippen LogP contribution is -2.47. The van der Waals surface area contributed by atoms with Crippen molar-refractivity contribution in [2.45, 2.75) is 23.7 Å². The minimum Gasteiger partial charge on any atom is -0.486 e. The summed E-state index contributed by atoms with van der Waals surface area (Å²) in [5, 5.41) is 0.0326. The van der Waals surface area contributed by atoms with Crippen molar-refractivity contribution >= 4 is 11.6 Å². The minimum absolute atomic E-state index is 0.0326. The molecule has 0 spiro atoms. The standard InChI is InChI=1S/C10H9ClO2/c11-7-8(10-9(7)13-10)12-6-4-2-1-3-5-6/h1-5,7-10H. The van der Waals surface area contributed by atoms with E-state index in [9.17, 15) is 0 Å². The van der Waals surface area contributed by atoms with Crippen LogP contribution in [0.4, 0.5) is 0 Å². The molecule has 4 atom stereocenters. The lowest BCUT2D eigenvalue weighted by Gasteiger charge is -2.27. The molecule has 0 aromatic heterocycles. The molecule has 1 heterocycles. The van der Waals surface area contributed by atoms with Crippen molar-refractivity contribution in [2.24, 2.45) is 0 Å². The summed E-state index contributed by atoms with van der Waals surface area (Å²) in [6, 6.07) is 9.71. The topological polar surface area (TPSA) is 21.8 Å². The van der Waals surface area contributed by atoms with Crippen molar-refractivity contribution in [3.8, 4) is 5.75 Å². The van der Waals surface area contributed by atoms with Gasteiger partial charge in [-0.25, -0.2) is 0 Å². The Morgan fingerprint density at radius 2 is 1.92 bits per heavy atom. The van der Waals surface area contributed by atoms with Crippen LogP contribution in [0.1, 0.15) is 0 Å². The number of rotatable bonds is 2. The van der Waals surface area contributed by atoms with Crippen molar-refractivity contribution in [2.75, 3.05) is 0 Å². The second kappa shape index (κ2) is 2.63. The lowest BCUT2D eigenvalue weighted by molar-refractivity contribution is 0.151. The van der Waals surface area contributed by atoms with E-state index in [0.717, 1.165) is 5.75 Å². The van der Waals surface area contributed by atoms with Gasteiger partial charge >= 0.3 is 0 Å². The number of hydrogen-bond acceptors (Lipinski definition) is 2. The van der Waals surface area contributed by atoms with E-state index in [-0.39, 0.29) is 23.7 Å². The van der Waals surface area contributed by atoms with Gasteiger partial charge < -0.3 is 9.47 Å². The fraction of sp³-hybridized carbons (Fsp3) is 0.400. The molecule has 1 aromatic carbocycles. The number of hydrogen-bond donors (Lipinski definition) is 0.